The summed E-state index contributed by atoms with van der Waals surface area (Å²) in [5, 5.41) is 0. The number of carbonyl (C=O) groups is 1. The third kappa shape index (κ3) is 16.9. The second-order valence-corrected chi connectivity index (χ2v) is 5.32. The first-order chi connectivity index (χ1) is 10.6. The summed E-state index contributed by atoms with van der Waals surface area (Å²) in [5.74, 6) is 0.295. The molecule has 0 aromatic heterocycles. The van der Waals surface area contributed by atoms with Crippen LogP contribution in [0.25, 0.3) is 0 Å². The molecule has 0 spiro atoms. The van der Waals surface area contributed by atoms with E-state index < -0.39 is 0 Å². The van der Waals surface area contributed by atoms with Crippen LogP contribution in [0.5, 0.6) is 0 Å². The average Bonchev–Trinajstić information content (AvgIpc) is 2.51. The van der Waals surface area contributed by atoms with E-state index in [0.717, 1.165) is 32.1 Å². The minimum Gasteiger partial charge on any atom is -0.411 e. The fourth-order valence-electron chi connectivity index (χ4n) is 2.03. The van der Waals surface area contributed by atoms with Gasteiger partial charge in [-0.2, -0.15) is 6.42 Å². The third-order valence-electron chi connectivity index (χ3n) is 3.22. The zero-order chi connectivity index (χ0) is 16.6. The van der Waals surface area contributed by atoms with Gasteiger partial charge in [-0.3, -0.25) is 4.79 Å². The van der Waals surface area contributed by atoms with Gasteiger partial charge in [0.2, 0.25) is 5.91 Å². The number of nitrogens with zero attached hydrogens (tertiary/aromatic N) is 1. The Morgan fingerprint density at radius 1 is 1.17 bits per heavy atom. The van der Waals surface area contributed by atoms with Gasteiger partial charge in [0.05, 0.1) is 26.2 Å². The van der Waals surface area contributed by atoms with Crippen LogP contribution in [0.1, 0.15) is 45.4 Å². The van der Waals surface area contributed by atoms with Crippen molar-refractivity contribution in [2.75, 3.05) is 26.4 Å². The van der Waals surface area contributed by atoms with Crippen molar-refractivity contribution in [3.8, 4) is 0 Å². The Morgan fingerprint density at radius 2 is 1.74 bits per heavy atom. The van der Waals surface area contributed by atoms with E-state index in [1.807, 2.05) is 6.92 Å². The number of ether oxygens (including phenoxy) is 2. The molecule has 1 saturated carbocycles. The molecule has 0 heterocycles. The predicted octanol–water partition coefficient (Wildman–Crippen LogP) is 2.59. The maximum absolute atomic E-state index is 11.5. The summed E-state index contributed by atoms with van der Waals surface area (Å²) < 4.78 is 10.3. The standard InChI is InChI=1S/C14H25N2O3.C3H7.U/c1-2-18-9-10-19-8-7-14(17)16-11-12-3-5-13(15)6-4-12;1-3-2;/h11-13H,1-10,15H2;1,3H2,2H3;/q2*-1;+2. The monoisotopic (exact) mass is 550 g/mol. The number of amides is 1. The minimum absolute atomic E-state index is 0. The van der Waals surface area contributed by atoms with Gasteiger partial charge in [-0.05, 0) is 31.6 Å². The zero-order valence-corrected chi connectivity index (χ0v) is 18.6. The van der Waals surface area contributed by atoms with Crippen LogP contribution in [0.4, 0.5) is 0 Å². The van der Waals surface area contributed by atoms with Crippen molar-refractivity contribution in [1.29, 1.82) is 0 Å². The van der Waals surface area contributed by atoms with E-state index in [4.69, 9.17) is 15.2 Å². The Bertz CT molecular complexity index is 294. The van der Waals surface area contributed by atoms with Gasteiger partial charge >= 0.3 is 31.1 Å². The number of hydrogen-bond donors (Lipinski definition) is 1. The number of rotatable bonds is 8. The molecule has 23 heavy (non-hydrogen) atoms. The summed E-state index contributed by atoms with van der Waals surface area (Å²) in [4.78, 5) is 15.5. The van der Waals surface area contributed by atoms with Gasteiger partial charge in [0, 0.05) is 12.3 Å². The summed E-state index contributed by atoms with van der Waals surface area (Å²) in [6.07, 6.45) is 7.25. The average molecular weight is 550 g/mol. The Morgan fingerprint density at radius 3 is 2.30 bits per heavy atom. The van der Waals surface area contributed by atoms with Crippen LogP contribution in [0.15, 0.2) is 4.99 Å². The van der Waals surface area contributed by atoms with E-state index in [1.165, 1.54) is 0 Å². The quantitative estimate of drug-likeness (QED) is 0.287. The first kappa shape index (κ1) is 25.5. The number of carbonyl (C=O) groups excluding carboxylic acids is 1. The van der Waals surface area contributed by atoms with Crippen molar-refractivity contribution in [3.63, 3.8) is 0 Å². The van der Waals surface area contributed by atoms with Gasteiger partial charge in [-0.25, -0.2) is 4.99 Å². The summed E-state index contributed by atoms with van der Waals surface area (Å²) in [5.41, 5.74) is 5.83. The van der Waals surface area contributed by atoms with E-state index >= 15 is 0 Å². The fraction of sp³-hybridized carbons (Fsp3) is 0.765. The second kappa shape index (κ2) is 18.6. The fourth-order valence-corrected chi connectivity index (χ4v) is 2.03. The Kier molecular flexibility index (Phi) is 20.6. The molecule has 132 valence electrons. The van der Waals surface area contributed by atoms with Gasteiger partial charge in [-0.1, -0.05) is 13.5 Å². The Labute approximate surface area is 165 Å². The maximum Gasteiger partial charge on any atom is 2.00 e. The first-order valence-electron chi connectivity index (χ1n) is 8.20. The van der Waals surface area contributed by atoms with Crippen LogP contribution in [0.2, 0.25) is 0 Å². The van der Waals surface area contributed by atoms with E-state index in [1.54, 1.807) is 6.21 Å². The van der Waals surface area contributed by atoms with Crippen LogP contribution in [-0.4, -0.2) is 44.6 Å². The molecule has 0 unspecified atom stereocenters. The topological polar surface area (TPSA) is 73.9 Å². The van der Waals surface area contributed by atoms with Gasteiger partial charge in [0.1, 0.15) is 0 Å². The van der Waals surface area contributed by atoms with Crippen LogP contribution < -0.4 is 5.73 Å². The molecule has 0 bridgehead atoms. The molecule has 0 aromatic carbocycles. The molecule has 0 atom stereocenters. The molecule has 2 N–H and O–H groups in total. The van der Waals surface area contributed by atoms with Crippen LogP contribution in [0, 0.1) is 50.9 Å². The van der Waals surface area contributed by atoms with Crippen molar-refractivity contribution in [2.24, 2.45) is 16.6 Å². The summed E-state index contributed by atoms with van der Waals surface area (Å²) in [6.45, 7) is 10.9. The largest absolute Gasteiger partial charge is 2.00 e. The molecule has 6 heteroatoms. The summed E-state index contributed by atoms with van der Waals surface area (Å²) in [7, 11) is 0. The van der Waals surface area contributed by atoms with Gasteiger partial charge in [0.25, 0.3) is 0 Å². The van der Waals surface area contributed by atoms with Crippen molar-refractivity contribution in [2.45, 2.75) is 51.5 Å². The van der Waals surface area contributed by atoms with Crippen molar-refractivity contribution < 1.29 is 45.4 Å². The molecule has 0 radical (unpaired) electrons. The molecular formula is C17H32N2O3U. The predicted molar refractivity (Wildman–Crippen MR) is 90.7 cm³/mol. The maximum atomic E-state index is 11.5. The molecule has 5 nitrogen and oxygen atoms in total. The zero-order valence-electron chi connectivity index (χ0n) is 14.5. The Balaban J connectivity index is 0. The van der Waals surface area contributed by atoms with Crippen molar-refractivity contribution >= 4 is 12.1 Å². The van der Waals surface area contributed by atoms with E-state index in [0.29, 0.717) is 44.8 Å². The van der Waals surface area contributed by atoms with Gasteiger partial charge in [-0.15, -0.1) is 0 Å². The van der Waals surface area contributed by atoms with Crippen LogP contribution in [0.3, 0.4) is 0 Å². The van der Waals surface area contributed by atoms with Crippen LogP contribution >= 0.6 is 0 Å². The molecule has 1 aliphatic rings. The summed E-state index contributed by atoms with van der Waals surface area (Å²) in [6, 6.07) is 0.328. The molecule has 1 aliphatic carbocycles. The van der Waals surface area contributed by atoms with Gasteiger partial charge in [0.15, 0.2) is 0 Å². The first-order valence-corrected chi connectivity index (χ1v) is 8.20. The number of hydrogen-bond acceptors (Lipinski definition) is 4. The third-order valence-corrected chi connectivity index (χ3v) is 3.22. The summed E-state index contributed by atoms with van der Waals surface area (Å²) >= 11 is 0. The molecule has 0 saturated heterocycles. The molecule has 0 aromatic rings. The molecule has 1 fully saturated rings. The van der Waals surface area contributed by atoms with E-state index in [9.17, 15) is 4.79 Å². The van der Waals surface area contributed by atoms with Crippen molar-refractivity contribution in [3.05, 3.63) is 13.8 Å². The normalized spacial score (nSPS) is 20.5. The SMILES string of the molecule is [CH2-]CC.[CH2-]COCCOCCC(=O)N=CC1CCC(N)CC1.[U+2]. The van der Waals surface area contributed by atoms with Crippen molar-refractivity contribution in [1.82, 2.24) is 0 Å². The molecular weight excluding hydrogens is 518 g/mol. The number of nitrogens with two attached hydrogens (primary N) is 1. The molecule has 0 aliphatic heterocycles. The number of aliphatic imine (C=N–C) groups is 1. The van der Waals surface area contributed by atoms with E-state index in [-0.39, 0.29) is 37.0 Å². The van der Waals surface area contributed by atoms with Crippen LogP contribution in [-0.2, 0) is 14.3 Å². The van der Waals surface area contributed by atoms with Gasteiger partial charge < -0.3 is 29.1 Å². The molecule has 1 amide bonds. The minimum atomic E-state index is -0.118. The Hall–Kier alpha value is 0.272. The second-order valence-electron chi connectivity index (χ2n) is 5.32. The smallest absolute Gasteiger partial charge is 0.411 e. The van der Waals surface area contributed by atoms with E-state index in [2.05, 4.69) is 18.8 Å². The molecule has 1 rings (SSSR count).